The summed E-state index contributed by atoms with van der Waals surface area (Å²) in [7, 11) is 0. The van der Waals surface area contributed by atoms with Crippen molar-refractivity contribution >= 4 is 11.6 Å². The van der Waals surface area contributed by atoms with E-state index in [-0.39, 0.29) is 5.91 Å². The molecule has 1 aliphatic rings. The fourth-order valence-electron chi connectivity index (χ4n) is 2.29. The van der Waals surface area contributed by atoms with Crippen LogP contribution in [0.15, 0.2) is 24.3 Å². The molecule has 1 amide bonds. The molecule has 0 unspecified atom stereocenters. The van der Waals surface area contributed by atoms with Gasteiger partial charge in [0.15, 0.2) is 0 Å². The summed E-state index contributed by atoms with van der Waals surface area (Å²) in [6.45, 7) is 5.52. The van der Waals surface area contributed by atoms with Crippen molar-refractivity contribution < 1.29 is 9.53 Å². The molecule has 0 saturated carbocycles. The first-order chi connectivity index (χ1) is 10.8. The summed E-state index contributed by atoms with van der Waals surface area (Å²) >= 11 is 0. The lowest BCUT2D eigenvalue weighted by Gasteiger charge is -2.26. The Hall–Kier alpha value is -2.10. The highest BCUT2D eigenvalue weighted by molar-refractivity contribution is 5.76. The molecule has 1 aromatic rings. The van der Waals surface area contributed by atoms with Crippen LogP contribution in [0.2, 0.25) is 0 Å². The normalized spacial score (nSPS) is 15.0. The van der Waals surface area contributed by atoms with Gasteiger partial charge < -0.3 is 15.4 Å². The first-order valence-electron chi connectivity index (χ1n) is 7.59. The average molecular weight is 302 g/mol. The van der Waals surface area contributed by atoms with Crippen molar-refractivity contribution in [2.45, 2.75) is 6.42 Å². The Morgan fingerprint density at radius 2 is 2.14 bits per heavy atom. The third-order valence-corrected chi connectivity index (χ3v) is 3.53. The summed E-state index contributed by atoms with van der Waals surface area (Å²) in [5.41, 5.74) is 1.47. The zero-order chi connectivity index (χ0) is 15.6. The van der Waals surface area contributed by atoms with Crippen molar-refractivity contribution in [2.75, 3.05) is 51.3 Å². The molecule has 1 aromatic carbocycles. The molecule has 0 radical (unpaired) electrons. The van der Waals surface area contributed by atoms with Crippen LogP contribution in [-0.4, -0.2) is 56.7 Å². The van der Waals surface area contributed by atoms with Crippen molar-refractivity contribution in [2.24, 2.45) is 0 Å². The van der Waals surface area contributed by atoms with E-state index in [4.69, 9.17) is 10.00 Å². The Labute approximate surface area is 131 Å². The largest absolute Gasteiger partial charge is 0.384 e. The van der Waals surface area contributed by atoms with Crippen molar-refractivity contribution in [1.82, 2.24) is 10.2 Å². The molecule has 1 heterocycles. The fraction of sp³-hybridized carbons (Fsp3) is 0.500. The number of benzene rings is 1. The first kappa shape index (κ1) is 16.3. The number of rotatable bonds is 7. The zero-order valence-electron chi connectivity index (χ0n) is 12.7. The number of ether oxygens (including phenoxy) is 1. The summed E-state index contributed by atoms with van der Waals surface area (Å²) in [5.74, 6) is 0.0391. The van der Waals surface area contributed by atoms with Gasteiger partial charge in [-0.2, -0.15) is 5.26 Å². The molecule has 118 valence electrons. The third kappa shape index (κ3) is 5.72. The average Bonchev–Trinajstić information content (AvgIpc) is 2.56. The second-order valence-corrected chi connectivity index (χ2v) is 5.17. The number of anilines is 1. The lowest BCUT2D eigenvalue weighted by Crippen LogP contribution is -2.41. The quantitative estimate of drug-likeness (QED) is 0.779. The zero-order valence-corrected chi connectivity index (χ0v) is 12.7. The minimum Gasteiger partial charge on any atom is -0.384 e. The van der Waals surface area contributed by atoms with Gasteiger partial charge in [-0.15, -0.1) is 0 Å². The second kappa shape index (κ2) is 9.03. The van der Waals surface area contributed by atoms with Gasteiger partial charge in [-0.25, -0.2) is 0 Å². The molecule has 1 saturated heterocycles. The summed E-state index contributed by atoms with van der Waals surface area (Å²) in [6.07, 6.45) is 0.417. The van der Waals surface area contributed by atoms with Crippen LogP contribution in [0.25, 0.3) is 0 Å². The number of morpholine rings is 1. The maximum atomic E-state index is 11.8. The predicted octanol–water partition coefficient (Wildman–Crippen LogP) is 0.809. The Bertz CT molecular complexity index is 521. The smallest absolute Gasteiger partial charge is 0.221 e. The molecule has 0 atom stereocenters. The standard InChI is InChI=1S/C16H22N4O2/c17-13-14-2-1-3-15(12-14)18-5-4-16(21)19-6-7-20-8-10-22-11-9-20/h1-3,12,18H,4-11H2,(H,19,21). The molecular weight excluding hydrogens is 280 g/mol. The third-order valence-electron chi connectivity index (χ3n) is 3.53. The highest BCUT2D eigenvalue weighted by Crippen LogP contribution is 2.09. The Morgan fingerprint density at radius 3 is 2.91 bits per heavy atom. The molecule has 0 aromatic heterocycles. The highest BCUT2D eigenvalue weighted by atomic mass is 16.5. The number of carbonyl (C=O) groups is 1. The lowest BCUT2D eigenvalue weighted by atomic mass is 10.2. The van der Waals surface area contributed by atoms with Crippen molar-refractivity contribution in [1.29, 1.82) is 5.26 Å². The van der Waals surface area contributed by atoms with E-state index in [2.05, 4.69) is 21.6 Å². The Balaban J connectivity index is 1.58. The molecule has 2 rings (SSSR count). The van der Waals surface area contributed by atoms with Gasteiger partial charge >= 0.3 is 0 Å². The van der Waals surface area contributed by atoms with Crippen LogP contribution < -0.4 is 10.6 Å². The van der Waals surface area contributed by atoms with Crippen LogP contribution in [0.1, 0.15) is 12.0 Å². The van der Waals surface area contributed by atoms with Crippen LogP contribution >= 0.6 is 0 Å². The number of nitriles is 1. The minimum atomic E-state index is 0.0391. The van der Waals surface area contributed by atoms with Crippen LogP contribution in [0.5, 0.6) is 0 Å². The molecular formula is C16H22N4O2. The Kier molecular flexibility index (Phi) is 6.68. The van der Waals surface area contributed by atoms with Gasteiger partial charge in [0.05, 0.1) is 24.8 Å². The molecule has 6 nitrogen and oxygen atoms in total. The maximum Gasteiger partial charge on any atom is 0.221 e. The van der Waals surface area contributed by atoms with E-state index in [1.54, 1.807) is 12.1 Å². The SMILES string of the molecule is N#Cc1cccc(NCCC(=O)NCCN2CCOCC2)c1. The minimum absolute atomic E-state index is 0.0391. The molecule has 2 N–H and O–H groups in total. The molecule has 1 fully saturated rings. The maximum absolute atomic E-state index is 11.8. The van der Waals surface area contributed by atoms with E-state index in [9.17, 15) is 4.79 Å². The molecule has 1 aliphatic heterocycles. The van der Waals surface area contributed by atoms with Gasteiger partial charge in [0, 0.05) is 44.8 Å². The van der Waals surface area contributed by atoms with Crippen LogP contribution in [0.4, 0.5) is 5.69 Å². The molecule has 0 bridgehead atoms. The second-order valence-electron chi connectivity index (χ2n) is 5.17. The van der Waals surface area contributed by atoms with E-state index in [0.717, 1.165) is 38.5 Å². The predicted molar refractivity (Wildman–Crippen MR) is 84.5 cm³/mol. The van der Waals surface area contributed by atoms with Crippen molar-refractivity contribution in [3.63, 3.8) is 0 Å². The first-order valence-corrected chi connectivity index (χ1v) is 7.59. The van der Waals surface area contributed by atoms with Gasteiger partial charge in [0.1, 0.15) is 0 Å². The number of hydrogen-bond acceptors (Lipinski definition) is 5. The summed E-state index contributed by atoms with van der Waals surface area (Å²) < 4.78 is 5.28. The topological polar surface area (TPSA) is 77.4 Å². The van der Waals surface area contributed by atoms with Gasteiger partial charge in [0.2, 0.25) is 5.91 Å². The summed E-state index contributed by atoms with van der Waals surface area (Å²) in [6, 6.07) is 9.33. The number of amides is 1. The molecule has 6 heteroatoms. The monoisotopic (exact) mass is 302 g/mol. The van der Waals surface area contributed by atoms with Gasteiger partial charge in [-0.3, -0.25) is 9.69 Å². The number of nitrogens with one attached hydrogen (secondary N) is 2. The van der Waals surface area contributed by atoms with Crippen molar-refractivity contribution in [3.8, 4) is 6.07 Å². The number of carbonyl (C=O) groups excluding carboxylic acids is 1. The van der Waals surface area contributed by atoms with Crippen LogP contribution in [0.3, 0.4) is 0 Å². The highest BCUT2D eigenvalue weighted by Gasteiger charge is 2.09. The van der Waals surface area contributed by atoms with Gasteiger partial charge in [-0.05, 0) is 18.2 Å². The van der Waals surface area contributed by atoms with E-state index >= 15 is 0 Å². The molecule has 0 spiro atoms. The summed E-state index contributed by atoms with van der Waals surface area (Å²) in [4.78, 5) is 14.0. The molecule has 0 aliphatic carbocycles. The van der Waals surface area contributed by atoms with Crippen LogP contribution in [-0.2, 0) is 9.53 Å². The van der Waals surface area contributed by atoms with E-state index in [1.807, 2.05) is 12.1 Å². The lowest BCUT2D eigenvalue weighted by molar-refractivity contribution is -0.120. The van der Waals surface area contributed by atoms with Crippen LogP contribution in [0, 0.1) is 11.3 Å². The van der Waals surface area contributed by atoms with E-state index < -0.39 is 0 Å². The van der Waals surface area contributed by atoms with Crippen molar-refractivity contribution in [3.05, 3.63) is 29.8 Å². The number of nitrogens with zero attached hydrogens (tertiary/aromatic N) is 2. The fourth-order valence-corrected chi connectivity index (χ4v) is 2.29. The number of hydrogen-bond donors (Lipinski definition) is 2. The van der Waals surface area contributed by atoms with E-state index in [1.165, 1.54) is 0 Å². The van der Waals surface area contributed by atoms with Gasteiger partial charge in [0.25, 0.3) is 0 Å². The summed E-state index contributed by atoms with van der Waals surface area (Å²) in [5, 5.41) is 14.9. The molecule has 22 heavy (non-hydrogen) atoms. The van der Waals surface area contributed by atoms with E-state index in [0.29, 0.717) is 25.1 Å². The van der Waals surface area contributed by atoms with Gasteiger partial charge in [-0.1, -0.05) is 6.07 Å². The Morgan fingerprint density at radius 1 is 1.32 bits per heavy atom.